The van der Waals surface area contributed by atoms with Crippen LogP contribution in [0.4, 0.5) is 4.39 Å². The Balaban J connectivity index is 1.76. The van der Waals surface area contributed by atoms with E-state index >= 15 is 0 Å². The molecule has 2 atom stereocenters. The molecule has 24 heavy (non-hydrogen) atoms. The van der Waals surface area contributed by atoms with Crippen LogP contribution in [0.3, 0.4) is 0 Å². The zero-order chi connectivity index (χ0) is 16.9. The minimum atomic E-state index is -0.228. The number of amides is 1. The Bertz CT molecular complexity index is 672. The van der Waals surface area contributed by atoms with Crippen molar-refractivity contribution in [1.82, 2.24) is 10.2 Å². The van der Waals surface area contributed by atoms with E-state index in [1.54, 1.807) is 12.1 Å². The Morgan fingerprint density at radius 3 is 2.42 bits per heavy atom. The Kier molecular flexibility index (Phi) is 5.26. The molecule has 0 bridgehead atoms. The van der Waals surface area contributed by atoms with Crippen molar-refractivity contribution < 1.29 is 9.18 Å². The van der Waals surface area contributed by atoms with Gasteiger partial charge in [-0.05, 0) is 36.6 Å². The van der Waals surface area contributed by atoms with Crippen LogP contribution in [0.5, 0.6) is 0 Å². The van der Waals surface area contributed by atoms with E-state index in [0.717, 1.165) is 24.1 Å². The summed E-state index contributed by atoms with van der Waals surface area (Å²) in [7, 11) is 0. The molecule has 0 saturated carbocycles. The zero-order valence-electron chi connectivity index (χ0n) is 13.9. The highest BCUT2D eigenvalue weighted by Crippen LogP contribution is 2.23. The van der Waals surface area contributed by atoms with Crippen LogP contribution in [0.1, 0.15) is 43.0 Å². The van der Waals surface area contributed by atoms with Crippen LogP contribution < -0.4 is 5.32 Å². The molecule has 1 N–H and O–H groups in total. The molecule has 126 valence electrons. The molecule has 2 aromatic carbocycles. The third-order valence-corrected chi connectivity index (χ3v) is 4.60. The number of hydrogen-bond donors (Lipinski definition) is 1. The lowest BCUT2D eigenvalue weighted by atomic mass is 10.0. The van der Waals surface area contributed by atoms with Crippen LogP contribution in [0, 0.1) is 5.82 Å². The molecule has 0 spiro atoms. The van der Waals surface area contributed by atoms with Gasteiger partial charge in [-0.3, -0.25) is 4.79 Å². The molecule has 1 saturated heterocycles. The lowest BCUT2D eigenvalue weighted by Gasteiger charge is -2.28. The van der Waals surface area contributed by atoms with Crippen LogP contribution in [0.2, 0.25) is 0 Å². The second-order valence-electron chi connectivity index (χ2n) is 6.35. The van der Waals surface area contributed by atoms with Gasteiger partial charge in [-0.25, -0.2) is 4.39 Å². The summed E-state index contributed by atoms with van der Waals surface area (Å²) < 4.78 is 13.1. The van der Waals surface area contributed by atoms with Crippen molar-refractivity contribution in [3.8, 4) is 0 Å². The predicted octanol–water partition coefficient (Wildman–Crippen LogP) is 3.84. The third-order valence-electron chi connectivity index (χ3n) is 4.60. The summed E-state index contributed by atoms with van der Waals surface area (Å²) >= 11 is 0. The summed E-state index contributed by atoms with van der Waals surface area (Å²) in [4.78, 5) is 13.9. The summed E-state index contributed by atoms with van der Waals surface area (Å²) in [5.41, 5.74) is 2.19. The molecule has 1 amide bonds. The molecule has 2 aromatic rings. The first-order valence-electron chi connectivity index (χ1n) is 8.48. The molecule has 1 aliphatic rings. The zero-order valence-corrected chi connectivity index (χ0v) is 13.9. The van der Waals surface area contributed by atoms with Crippen molar-refractivity contribution in [1.29, 1.82) is 0 Å². The molecular formula is C20H23FN2O. The summed E-state index contributed by atoms with van der Waals surface area (Å²) in [6.45, 7) is 3.55. The number of nitrogens with one attached hydrogen (secondary N) is 1. The number of likely N-dealkylation sites (tertiary alicyclic amines) is 1. The molecule has 2 unspecified atom stereocenters. The first-order chi connectivity index (χ1) is 11.6. The van der Waals surface area contributed by atoms with E-state index in [1.165, 1.54) is 12.1 Å². The molecule has 0 radical (unpaired) electrons. The number of nitrogens with zero attached hydrogens (tertiary/aromatic N) is 1. The van der Waals surface area contributed by atoms with Crippen LogP contribution in [0.15, 0.2) is 54.6 Å². The number of hydrogen-bond acceptors (Lipinski definition) is 2. The first-order valence-corrected chi connectivity index (χ1v) is 8.48. The third kappa shape index (κ3) is 4.01. The van der Waals surface area contributed by atoms with Crippen LogP contribution in [0.25, 0.3) is 0 Å². The van der Waals surface area contributed by atoms with E-state index in [2.05, 4.69) is 24.4 Å². The fraction of sp³-hybridized carbons (Fsp3) is 0.350. The lowest BCUT2D eigenvalue weighted by molar-refractivity contribution is -0.128. The highest BCUT2D eigenvalue weighted by atomic mass is 19.1. The van der Waals surface area contributed by atoms with E-state index in [-0.39, 0.29) is 23.8 Å². The van der Waals surface area contributed by atoms with Gasteiger partial charge in [-0.1, -0.05) is 42.5 Å². The summed E-state index contributed by atoms with van der Waals surface area (Å²) in [5, 5.41) is 3.60. The minimum Gasteiger partial charge on any atom is -0.341 e. The van der Waals surface area contributed by atoms with Gasteiger partial charge in [-0.2, -0.15) is 0 Å². The summed E-state index contributed by atoms with van der Waals surface area (Å²) in [6.07, 6.45) is 1.59. The van der Waals surface area contributed by atoms with Crippen molar-refractivity contribution >= 4 is 5.91 Å². The van der Waals surface area contributed by atoms with Crippen LogP contribution in [-0.2, 0) is 4.79 Å². The normalized spacial score (nSPS) is 17.1. The number of carbonyl (C=O) groups is 1. The molecule has 1 fully saturated rings. The van der Waals surface area contributed by atoms with Crippen molar-refractivity contribution in [3.05, 3.63) is 71.5 Å². The molecular weight excluding hydrogens is 303 g/mol. The fourth-order valence-corrected chi connectivity index (χ4v) is 3.21. The summed E-state index contributed by atoms with van der Waals surface area (Å²) in [5.74, 6) is 0.000360. The van der Waals surface area contributed by atoms with E-state index in [9.17, 15) is 9.18 Å². The quantitative estimate of drug-likeness (QED) is 0.875. The molecule has 4 heteroatoms. The summed E-state index contributed by atoms with van der Waals surface area (Å²) in [6, 6.07) is 16.9. The fourth-order valence-electron chi connectivity index (χ4n) is 3.21. The monoisotopic (exact) mass is 326 g/mol. The van der Waals surface area contributed by atoms with E-state index < -0.39 is 0 Å². The SMILES string of the molecule is CC(NC(CN1CCCC1=O)c1ccccc1)c1ccc(F)cc1. The number of benzene rings is 2. The van der Waals surface area contributed by atoms with Gasteiger partial charge in [0.25, 0.3) is 0 Å². The van der Waals surface area contributed by atoms with E-state index in [0.29, 0.717) is 13.0 Å². The van der Waals surface area contributed by atoms with Gasteiger partial charge in [0, 0.05) is 25.6 Å². The van der Waals surface area contributed by atoms with E-state index in [1.807, 2.05) is 23.1 Å². The average Bonchev–Trinajstić information content (AvgIpc) is 3.00. The Morgan fingerprint density at radius 1 is 1.08 bits per heavy atom. The molecule has 1 heterocycles. The molecule has 0 aromatic heterocycles. The Labute approximate surface area is 142 Å². The Hall–Kier alpha value is -2.20. The van der Waals surface area contributed by atoms with Crippen molar-refractivity contribution in [2.75, 3.05) is 13.1 Å². The maximum absolute atomic E-state index is 13.1. The highest BCUT2D eigenvalue weighted by molar-refractivity contribution is 5.78. The maximum atomic E-state index is 13.1. The number of halogens is 1. The average molecular weight is 326 g/mol. The maximum Gasteiger partial charge on any atom is 0.222 e. The van der Waals surface area contributed by atoms with Gasteiger partial charge in [0.2, 0.25) is 5.91 Å². The van der Waals surface area contributed by atoms with Crippen molar-refractivity contribution in [2.24, 2.45) is 0 Å². The predicted molar refractivity (Wildman–Crippen MR) is 92.9 cm³/mol. The largest absolute Gasteiger partial charge is 0.341 e. The Morgan fingerprint density at radius 2 is 1.79 bits per heavy atom. The minimum absolute atomic E-state index is 0.0494. The van der Waals surface area contributed by atoms with E-state index in [4.69, 9.17) is 0 Å². The van der Waals surface area contributed by atoms with Crippen molar-refractivity contribution in [2.45, 2.75) is 31.8 Å². The van der Waals surface area contributed by atoms with Gasteiger partial charge in [0.15, 0.2) is 0 Å². The van der Waals surface area contributed by atoms with Gasteiger partial charge in [0.05, 0.1) is 6.04 Å². The highest BCUT2D eigenvalue weighted by Gasteiger charge is 2.25. The van der Waals surface area contributed by atoms with Crippen LogP contribution in [-0.4, -0.2) is 23.9 Å². The van der Waals surface area contributed by atoms with Crippen molar-refractivity contribution in [3.63, 3.8) is 0 Å². The number of carbonyl (C=O) groups excluding carboxylic acids is 1. The smallest absolute Gasteiger partial charge is 0.222 e. The van der Waals surface area contributed by atoms with Gasteiger partial charge < -0.3 is 10.2 Å². The standard InChI is InChI=1S/C20H23FN2O/c1-15(16-9-11-18(21)12-10-16)22-19(17-6-3-2-4-7-17)14-23-13-5-8-20(23)24/h2-4,6-7,9-12,15,19,22H,5,8,13-14H2,1H3. The topological polar surface area (TPSA) is 32.3 Å². The molecule has 0 aliphatic carbocycles. The van der Waals surface area contributed by atoms with Gasteiger partial charge in [0.1, 0.15) is 5.82 Å². The number of rotatable bonds is 6. The van der Waals surface area contributed by atoms with Crippen LogP contribution >= 0.6 is 0 Å². The molecule has 3 nitrogen and oxygen atoms in total. The second-order valence-corrected chi connectivity index (χ2v) is 6.35. The first kappa shape index (κ1) is 16.7. The van der Waals surface area contributed by atoms with Gasteiger partial charge >= 0.3 is 0 Å². The molecule has 3 rings (SSSR count). The van der Waals surface area contributed by atoms with Gasteiger partial charge in [-0.15, -0.1) is 0 Å². The lowest BCUT2D eigenvalue weighted by Crippen LogP contribution is -2.37. The second kappa shape index (κ2) is 7.58. The molecule has 1 aliphatic heterocycles.